The van der Waals surface area contributed by atoms with Gasteiger partial charge in [0.15, 0.2) is 0 Å². The van der Waals surface area contributed by atoms with Crippen molar-refractivity contribution in [2.24, 2.45) is 0 Å². The van der Waals surface area contributed by atoms with E-state index in [0.717, 1.165) is 31.4 Å². The third-order valence-corrected chi connectivity index (χ3v) is 4.01. The Morgan fingerprint density at radius 1 is 1.24 bits per heavy atom. The van der Waals surface area contributed by atoms with Gasteiger partial charge in [-0.05, 0) is 37.5 Å². The molecule has 0 unspecified atom stereocenters. The van der Waals surface area contributed by atoms with E-state index in [1.54, 1.807) is 12.1 Å². The molecule has 0 aromatic heterocycles. The minimum atomic E-state index is -0.476. The molecule has 1 amide bonds. The Morgan fingerprint density at radius 3 is 2.48 bits per heavy atom. The van der Waals surface area contributed by atoms with E-state index in [2.05, 4.69) is 0 Å². The second-order valence-electron chi connectivity index (χ2n) is 5.49. The average molecular weight is 293 g/mol. The van der Waals surface area contributed by atoms with Gasteiger partial charge in [-0.2, -0.15) is 0 Å². The summed E-state index contributed by atoms with van der Waals surface area (Å²) >= 11 is 0. The fourth-order valence-electron chi connectivity index (χ4n) is 2.90. The molecule has 4 heteroatoms. The molecule has 1 aromatic carbocycles. The Hall–Kier alpha value is -1.42. The zero-order valence-corrected chi connectivity index (χ0v) is 12.7. The summed E-state index contributed by atoms with van der Waals surface area (Å²) in [4.78, 5) is 14.3. The number of hydrogen-bond donors (Lipinski definition) is 0. The molecular weight excluding hydrogens is 269 g/mol. The number of rotatable bonds is 6. The van der Waals surface area contributed by atoms with Gasteiger partial charge in [0.05, 0.1) is 0 Å². The molecule has 0 saturated heterocycles. The van der Waals surface area contributed by atoms with Crippen LogP contribution in [0.3, 0.4) is 0 Å². The number of carbonyl (C=O) groups is 1. The summed E-state index contributed by atoms with van der Waals surface area (Å²) in [6.07, 6.45) is 5.62. The fourth-order valence-corrected chi connectivity index (χ4v) is 2.90. The highest BCUT2D eigenvalue weighted by molar-refractivity contribution is 5.94. The van der Waals surface area contributed by atoms with Crippen molar-refractivity contribution >= 4 is 11.6 Å². The van der Waals surface area contributed by atoms with Gasteiger partial charge in [0.25, 0.3) is 5.91 Å². The molecule has 0 N–H and O–H groups in total. The third kappa shape index (κ3) is 4.27. The van der Waals surface area contributed by atoms with E-state index in [-0.39, 0.29) is 18.6 Å². The van der Waals surface area contributed by atoms with E-state index in [4.69, 9.17) is 4.74 Å². The zero-order chi connectivity index (χ0) is 15.1. The Balaban J connectivity index is 2.18. The molecule has 116 valence electrons. The van der Waals surface area contributed by atoms with Gasteiger partial charge < -0.3 is 9.64 Å². The van der Waals surface area contributed by atoms with Crippen LogP contribution in [0.25, 0.3) is 0 Å². The lowest BCUT2D eigenvalue weighted by molar-refractivity contribution is -0.123. The summed E-state index contributed by atoms with van der Waals surface area (Å²) in [6, 6.07) is 7.42. The minimum absolute atomic E-state index is 0.00301. The van der Waals surface area contributed by atoms with E-state index >= 15 is 0 Å². The molecule has 1 aliphatic carbocycles. The highest BCUT2D eigenvalue weighted by atomic mass is 19.1. The molecule has 0 atom stereocenters. The maximum atomic E-state index is 12.6. The van der Waals surface area contributed by atoms with E-state index in [1.807, 2.05) is 24.0 Å². The van der Waals surface area contributed by atoms with Gasteiger partial charge in [0.1, 0.15) is 13.3 Å². The summed E-state index contributed by atoms with van der Waals surface area (Å²) in [5.41, 5.74) is 1.49. The first-order valence-electron chi connectivity index (χ1n) is 7.81. The van der Waals surface area contributed by atoms with Gasteiger partial charge in [-0.3, -0.25) is 4.79 Å². The number of halogens is 1. The van der Waals surface area contributed by atoms with Gasteiger partial charge in [0, 0.05) is 18.3 Å². The maximum absolute atomic E-state index is 12.6. The van der Waals surface area contributed by atoms with Crippen molar-refractivity contribution in [1.29, 1.82) is 0 Å². The summed E-state index contributed by atoms with van der Waals surface area (Å²) in [5.74, 6) is -0.00301. The predicted octanol–water partition coefficient (Wildman–Crippen LogP) is 3.86. The molecule has 0 bridgehead atoms. The van der Waals surface area contributed by atoms with Crippen LogP contribution >= 0.6 is 0 Å². The highest BCUT2D eigenvalue weighted by Gasteiger charge is 2.26. The van der Waals surface area contributed by atoms with Crippen molar-refractivity contribution in [3.8, 4) is 0 Å². The van der Waals surface area contributed by atoms with Gasteiger partial charge in [-0.15, -0.1) is 0 Å². The fraction of sp³-hybridized carbons (Fsp3) is 0.588. The smallest absolute Gasteiger partial charge is 0.253 e. The number of hydrogen-bond acceptors (Lipinski definition) is 2. The van der Waals surface area contributed by atoms with Gasteiger partial charge in [-0.25, -0.2) is 4.39 Å². The van der Waals surface area contributed by atoms with Gasteiger partial charge in [-0.1, -0.05) is 31.4 Å². The first-order chi connectivity index (χ1) is 10.3. The van der Waals surface area contributed by atoms with Crippen LogP contribution in [0.4, 0.5) is 10.1 Å². The minimum Gasteiger partial charge on any atom is -0.372 e. The van der Waals surface area contributed by atoms with Crippen molar-refractivity contribution in [2.75, 3.05) is 18.1 Å². The Labute approximate surface area is 126 Å². The second kappa shape index (κ2) is 8.13. The number of amides is 1. The summed E-state index contributed by atoms with van der Waals surface area (Å²) in [5, 5.41) is 0. The van der Waals surface area contributed by atoms with Gasteiger partial charge >= 0.3 is 0 Å². The van der Waals surface area contributed by atoms with Crippen LogP contribution in [0, 0.1) is 0 Å². The van der Waals surface area contributed by atoms with Crippen molar-refractivity contribution in [3.05, 3.63) is 29.8 Å². The Kier molecular flexibility index (Phi) is 6.18. The number of anilines is 1. The number of alkyl halides is 1. The van der Waals surface area contributed by atoms with E-state index in [1.165, 1.54) is 6.42 Å². The Morgan fingerprint density at radius 2 is 1.90 bits per heavy atom. The largest absolute Gasteiger partial charge is 0.372 e. The molecular formula is C17H24FNO2. The molecule has 21 heavy (non-hydrogen) atoms. The van der Waals surface area contributed by atoms with Crippen molar-refractivity contribution in [2.45, 2.75) is 51.7 Å². The lowest BCUT2D eigenvalue weighted by Gasteiger charge is -2.34. The van der Waals surface area contributed by atoms with E-state index < -0.39 is 6.67 Å². The quantitative estimate of drug-likeness (QED) is 0.797. The molecule has 0 radical (unpaired) electrons. The molecule has 1 fully saturated rings. The SMILES string of the molecule is CCOCC(=O)N(c1ccc(CF)cc1)C1CCCCC1. The topological polar surface area (TPSA) is 29.5 Å². The van der Waals surface area contributed by atoms with Crippen molar-refractivity contribution < 1.29 is 13.9 Å². The highest BCUT2D eigenvalue weighted by Crippen LogP contribution is 2.28. The lowest BCUT2D eigenvalue weighted by Crippen LogP contribution is -2.43. The zero-order valence-electron chi connectivity index (χ0n) is 12.7. The Bertz CT molecular complexity index is 441. The normalized spacial score (nSPS) is 15.9. The molecule has 2 rings (SSSR count). The molecule has 0 spiro atoms. The first kappa shape index (κ1) is 16.0. The van der Waals surface area contributed by atoms with Crippen molar-refractivity contribution in [3.63, 3.8) is 0 Å². The monoisotopic (exact) mass is 293 g/mol. The molecule has 1 aromatic rings. The van der Waals surface area contributed by atoms with Crippen LogP contribution in [0.2, 0.25) is 0 Å². The number of nitrogens with zero attached hydrogens (tertiary/aromatic N) is 1. The third-order valence-electron chi connectivity index (χ3n) is 4.01. The number of carbonyl (C=O) groups excluding carboxylic acids is 1. The molecule has 1 aliphatic rings. The standard InChI is InChI=1S/C17H24FNO2/c1-2-21-13-17(20)19(15-6-4-3-5-7-15)16-10-8-14(12-18)9-11-16/h8-11,15H,2-7,12-13H2,1H3. The number of benzene rings is 1. The predicted molar refractivity (Wildman–Crippen MR) is 82.1 cm³/mol. The second-order valence-corrected chi connectivity index (χ2v) is 5.49. The maximum Gasteiger partial charge on any atom is 0.253 e. The van der Waals surface area contributed by atoms with Crippen LogP contribution in [0.15, 0.2) is 24.3 Å². The first-order valence-corrected chi connectivity index (χ1v) is 7.81. The molecule has 3 nitrogen and oxygen atoms in total. The molecule has 0 heterocycles. The van der Waals surface area contributed by atoms with Crippen LogP contribution in [-0.2, 0) is 16.2 Å². The van der Waals surface area contributed by atoms with E-state index in [0.29, 0.717) is 12.2 Å². The molecule has 1 saturated carbocycles. The summed E-state index contributed by atoms with van der Waals surface area (Å²) < 4.78 is 17.9. The number of ether oxygens (including phenoxy) is 1. The lowest BCUT2D eigenvalue weighted by atomic mass is 9.93. The summed E-state index contributed by atoms with van der Waals surface area (Å²) in [6.45, 7) is 2.05. The van der Waals surface area contributed by atoms with Gasteiger partial charge in [0.2, 0.25) is 0 Å². The van der Waals surface area contributed by atoms with Crippen LogP contribution in [0.5, 0.6) is 0 Å². The molecule has 0 aliphatic heterocycles. The summed E-state index contributed by atoms with van der Waals surface area (Å²) in [7, 11) is 0. The van der Waals surface area contributed by atoms with Crippen LogP contribution in [0.1, 0.15) is 44.6 Å². The van der Waals surface area contributed by atoms with E-state index in [9.17, 15) is 9.18 Å². The average Bonchev–Trinajstić information content (AvgIpc) is 2.55. The van der Waals surface area contributed by atoms with Crippen LogP contribution < -0.4 is 4.90 Å². The van der Waals surface area contributed by atoms with Crippen molar-refractivity contribution in [1.82, 2.24) is 0 Å². The van der Waals surface area contributed by atoms with Crippen LogP contribution in [-0.4, -0.2) is 25.2 Å².